The molecule has 0 saturated carbocycles. The zero-order chi connectivity index (χ0) is 29.5. The molecule has 1 aromatic heterocycles. The van der Waals surface area contributed by atoms with Crippen molar-refractivity contribution in [1.29, 1.82) is 5.26 Å². The van der Waals surface area contributed by atoms with E-state index in [0.29, 0.717) is 37.6 Å². The van der Waals surface area contributed by atoms with Crippen LogP contribution in [0.15, 0.2) is 94.7 Å². The van der Waals surface area contributed by atoms with E-state index in [0.717, 1.165) is 12.1 Å². The average Bonchev–Trinajstić information content (AvgIpc) is 3.00. The molecule has 2 N–H and O–H groups in total. The van der Waals surface area contributed by atoms with Gasteiger partial charge in [-0.15, -0.1) is 0 Å². The number of morpholine rings is 1. The van der Waals surface area contributed by atoms with Crippen molar-refractivity contribution in [3.8, 4) is 11.8 Å². The van der Waals surface area contributed by atoms with E-state index in [4.69, 9.17) is 4.74 Å². The minimum Gasteiger partial charge on any atom is -0.374 e. The molecular formula is C31H30FN7O3. The van der Waals surface area contributed by atoms with Gasteiger partial charge >= 0.3 is 11.7 Å². The van der Waals surface area contributed by atoms with Gasteiger partial charge in [-0.3, -0.25) is 9.47 Å². The molecule has 4 aromatic rings. The normalized spacial score (nSPS) is 15.6. The molecule has 1 unspecified atom stereocenters. The van der Waals surface area contributed by atoms with Gasteiger partial charge in [0.15, 0.2) is 5.49 Å². The maximum atomic E-state index is 13.7. The summed E-state index contributed by atoms with van der Waals surface area (Å²) >= 11 is 0. The largest absolute Gasteiger partial charge is 0.374 e. The first kappa shape index (κ1) is 28.5. The molecule has 0 aliphatic carbocycles. The molecule has 1 aliphatic heterocycles. The Balaban J connectivity index is 1.45. The zero-order valence-electron chi connectivity index (χ0n) is 23.0. The molecule has 0 radical (unpaired) electrons. The number of rotatable bonds is 7. The lowest BCUT2D eigenvalue weighted by Gasteiger charge is -2.33. The third kappa shape index (κ3) is 6.63. The van der Waals surface area contributed by atoms with Crippen LogP contribution < -0.4 is 21.8 Å². The molecule has 1 aliphatic rings. The number of anilines is 2. The van der Waals surface area contributed by atoms with Gasteiger partial charge in [-0.2, -0.15) is 10.3 Å². The maximum absolute atomic E-state index is 13.7. The fourth-order valence-corrected chi connectivity index (χ4v) is 4.82. The standard InChI is InChI=1S/C31H30FN7O3/c1-37-28(34-19-26-21-38(16-17-42-26)20-22-12-14-23(32)15-13-22)27(18-33)29(36-30(40)35-24-8-4-2-5-9-24)39(31(37)41)25-10-6-3-7-11-25/h2-15,26,34H,16-17,19-21H2,1H3,(H,35,40). The van der Waals surface area contributed by atoms with Crippen LogP contribution in [0.4, 0.5) is 20.7 Å². The van der Waals surface area contributed by atoms with Crippen LogP contribution in [0.3, 0.4) is 0 Å². The number of hydrogen-bond donors (Lipinski definition) is 2. The number of nitrogens with zero attached hydrogens (tertiary/aromatic N) is 5. The molecule has 2 amide bonds. The van der Waals surface area contributed by atoms with Gasteiger partial charge in [0.25, 0.3) is 0 Å². The number of carbonyl (C=O) groups is 1. The van der Waals surface area contributed by atoms with Crippen molar-refractivity contribution in [2.24, 2.45) is 12.0 Å². The SMILES string of the molecule is Cn1c(NCC2CN(Cc3ccc(F)cc3)CCO2)c(C#N)c(=NC(=O)Nc2ccccc2)n(-c2ccccc2)c1=O. The van der Waals surface area contributed by atoms with E-state index in [1.807, 2.05) is 6.07 Å². The van der Waals surface area contributed by atoms with Gasteiger partial charge in [0.2, 0.25) is 0 Å². The number of hydrogen-bond acceptors (Lipinski definition) is 6. The monoisotopic (exact) mass is 567 g/mol. The Hall–Kier alpha value is -5.05. The number of carbonyl (C=O) groups excluding carboxylic acids is 1. The second-order valence-electron chi connectivity index (χ2n) is 9.81. The minimum atomic E-state index is -0.728. The summed E-state index contributed by atoms with van der Waals surface area (Å²) in [5, 5.41) is 16.2. The van der Waals surface area contributed by atoms with Gasteiger partial charge in [0.05, 0.1) is 18.4 Å². The van der Waals surface area contributed by atoms with Gasteiger partial charge in [0, 0.05) is 38.9 Å². The maximum Gasteiger partial charge on any atom is 0.347 e. The molecule has 0 bridgehead atoms. The van der Waals surface area contributed by atoms with Gasteiger partial charge < -0.3 is 15.4 Å². The molecule has 1 saturated heterocycles. The molecular weight excluding hydrogens is 537 g/mol. The second-order valence-corrected chi connectivity index (χ2v) is 9.81. The van der Waals surface area contributed by atoms with E-state index in [1.54, 1.807) is 73.8 Å². The highest BCUT2D eigenvalue weighted by Gasteiger charge is 2.23. The van der Waals surface area contributed by atoms with Gasteiger partial charge in [-0.05, 0) is 42.0 Å². The Morgan fingerprint density at radius 1 is 1.07 bits per heavy atom. The van der Waals surface area contributed by atoms with E-state index in [-0.39, 0.29) is 28.8 Å². The number of ether oxygens (including phenoxy) is 1. The number of benzene rings is 3. The zero-order valence-corrected chi connectivity index (χ0v) is 23.0. The first-order valence-electron chi connectivity index (χ1n) is 13.5. The van der Waals surface area contributed by atoms with Crippen LogP contribution in [0.5, 0.6) is 0 Å². The third-order valence-electron chi connectivity index (χ3n) is 6.88. The Kier molecular flexibility index (Phi) is 8.87. The van der Waals surface area contributed by atoms with Crippen molar-refractivity contribution < 1.29 is 13.9 Å². The Morgan fingerprint density at radius 2 is 1.76 bits per heavy atom. The topological polar surface area (TPSA) is 117 Å². The molecule has 0 spiro atoms. The molecule has 5 rings (SSSR count). The van der Waals surface area contributed by atoms with Gasteiger partial charge in [-0.1, -0.05) is 48.5 Å². The van der Waals surface area contributed by atoms with Crippen molar-refractivity contribution in [1.82, 2.24) is 14.0 Å². The summed E-state index contributed by atoms with van der Waals surface area (Å²) in [6, 6.07) is 25.3. The summed E-state index contributed by atoms with van der Waals surface area (Å²) in [5.41, 5.74) is 1.43. The predicted molar refractivity (Wildman–Crippen MR) is 157 cm³/mol. The summed E-state index contributed by atoms with van der Waals surface area (Å²) < 4.78 is 21.8. The molecule has 3 aromatic carbocycles. The molecule has 1 atom stereocenters. The first-order valence-corrected chi connectivity index (χ1v) is 13.5. The molecule has 1 fully saturated rings. The van der Waals surface area contributed by atoms with Crippen molar-refractivity contribution in [3.05, 3.63) is 118 Å². The van der Waals surface area contributed by atoms with E-state index >= 15 is 0 Å². The lowest BCUT2D eigenvalue weighted by atomic mass is 10.2. The van der Waals surface area contributed by atoms with Gasteiger partial charge in [-0.25, -0.2) is 18.5 Å². The van der Waals surface area contributed by atoms with Gasteiger partial charge in [0.1, 0.15) is 23.3 Å². The molecule has 214 valence electrons. The van der Waals surface area contributed by atoms with Crippen LogP contribution in [0.2, 0.25) is 0 Å². The number of aromatic nitrogens is 2. The van der Waals surface area contributed by atoms with Crippen LogP contribution in [-0.4, -0.2) is 52.4 Å². The van der Waals surface area contributed by atoms with Crippen molar-refractivity contribution in [2.75, 3.05) is 36.9 Å². The first-order chi connectivity index (χ1) is 20.4. The fourth-order valence-electron chi connectivity index (χ4n) is 4.82. The Bertz CT molecular complexity index is 1710. The number of nitrogens with one attached hydrogen (secondary N) is 2. The summed E-state index contributed by atoms with van der Waals surface area (Å²) in [6.07, 6.45) is -0.246. The highest BCUT2D eigenvalue weighted by atomic mass is 19.1. The quantitative estimate of drug-likeness (QED) is 0.352. The fraction of sp³-hybridized carbons (Fsp3) is 0.226. The van der Waals surface area contributed by atoms with Crippen LogP contribution in [0.1, 0.15) is 11.1 Å². The minimum absolute atomic E-state index is 0.0307. The van der Waals surface area contributed by atoms with Crippen LogP contribution in [-0.2, 0) is 18.3 Å². The van der Waals surface area contributed by atoms with Crippen LogP contribution >= 0.6 is 0 Å². The average molecular weight is 568 g/mol. The van der Waals surface area contributed by atoms with E-state index in [9.17, 15) is 19.2 Å². The smallest absolute Gasteiger partial charge is 0.347 e. The third-order valence-corrected chi connectivity index (χ3v) is 6.88. The predicted octanol–water partition coefficient (Wildman–Crippen LogP) is 3.63. The van der Waals surface area contributed by atoms with Crippen molar-refractivity contribution >= 4 is 17.5 Å². The highest BCUT2D eigenvalue weighted by Crippen LogP contribution is 2.15. The highest BCUT2D eigenvalue weighted by molar-refractivity contribution is 5.90. The number of urea groups is 1. The number of nitriles is 1. The van der Waals surface area contributed by atoms with Crippen LogP contribution in [0, 0.1) is 17.1 Å². The second kappa shape index (κ2) is 13.1. The molecule has 10 nitrogen and oxygen atoms in total. The number of amides is 2. The summed E-state index contributed by atoms with van der Waals surface area (Å²) in [6.45, 7) is 2.75. The van der Waals surface area contributed by atoms with E-state index in [2.05, 4.69) is 26.6 Å². The molecule has 42 heavy (non-hydrogen) atoms. The number of para-hydroxylation sites is 2. The van der Waals surface area contributed by atoms with Crippen LogP contribution in [0.25, 0.3) is 5.69 Å². The lowest BCUT2D eigenvalue weighted by molar-refractivity contribution is -0.0241. The Morgan fingerprint density at radius 3 is 2.45 bits per heavy atom. The number of halogens is 1. The summed E-state index contributed by atoms with van der Waals surface area (Å²) in [7, 11) is 1.56. The molecule has 2 heterocycles. The van der Waals surface area contributed by atoms with Crippen molar-refractivity contribution in [3.63, 3.8) is 0 Å². The lowest BCUT2D eigenvalue weighted by Crippen LogP contribution is -2.46. The Labute approximate surface area is 241 Å². The summed E-state index contributed by atoms with van der Waals surface area (Å²) in [4.78, 5) is 33.0. The van der Waals surface area contributed by atoms with Crippen molar-refractivity contribution in [2.45, 2.75) is 12.6 Å². The van der Waals surface area contributed by atoms with E-state index in [1.165, 1.54) is 21.3 Å². The summed E-state index contributed by atoms with van der Waals surface area (Å²) in [5.74, 6) is -0.0537. The molecule has 11 heteroatoms. The van der Waals surface area contributed by atoms with E-state index < -0.39 is 11.7 Å².